The molecule has 0 amide bonds. The van der Waals surface area contributed by atoms with Gasteiger partial charge in [-0.25, -0.2) is 18.1 Å². The summed E-state index contributed by atoms with van der Waals surface area (Å²) in [5, 5.41) is 3.48. The number of hydrogen-bond acceptors (Lipinski definition) is 6. The molecule has 0 saturated carbocycles. The summed E-state index contributed by atoms with van der Waals surface area (Å²) in [6.45, 7) is 2.95. The van der Waals surface area contributed by atoms with Gasteiger partial charge in [0, 0.05) is 11.6 Å². The minimum atomic E-state index is -3.65. The van der Waals surface area contributed by atoms with Gasteiger partial charge in [-0.3, -0.25) is 4.90 Å². The number of nitrogens with zero attached hydrogens (tertiary/aromatic N) is 3. The fourth-order valence-electron chi connectivity index (χ4n) is 2.09. The summed E-state index contributed by atoms with van der Waals surface area (Å²) in [6, 6.07) is 6.00. The molecule has 0 aliphatic carbocycles. The molecule has 0 spiro atoms. The Morgan fingerprint density at radius 1 is 1.35 bits per heavy atom. The number of guanidine groups is 1. The number of benzene rings is 1. The van der Waals surface area contributed by atoms with Crippen molar-refractivity contribution in [3.8, 4) is 0 Å². The highest BCUT2D eigenvalue weighted by Gasteiger charge is 2.19. The molecule has 23 heavy (non-hydrogen) atoms. The molecular weight excluding hydrogens is 338 g/mol. The Kier molecular flexibility index (Phi) is 6.23. The first-order valence-corrected chi connectivity index (χ1v) is 9.17. The predicted octanol–water partition coefficient (Wildman–Crippen LogP) is 0.746. The van der Waals surface area contributed by atoms with Crippen molar-refractivity contribution in [2.24, 2.45) is 4.99 Å². The Morgan fingerprint density at radius 3 is 2.61 bits per heavy atom. The van der Waals surface area contributed by atoms with Gasteiger partial charge < -0.3 is 10.2 Å². The van der Waals surface area contributed by atoms with Crippen LogP contribution in [0, 0.1) is 0 Å². The minimum absolute atomic E-state index is 0.153. The van der Waals surface area contributed by atoms with Crippen LogP contribution in [-0.4, -0.2) is 64.7 Å². The van der Waals surface area contributed by atoms with Crippen molar-refractivity contribution in [2.45, 2.75) is 11.3 Å². The predicted molar refractivity (Wildman–Crippen MR) is 92.0 cm³/mol. The second kappa shape index (κ2) is 7.96. The van der Waals surface area contributed by atoms with E-state index < -0.39 is 10.0 Å². The van der Waals surface area contributed by atoms with Crippen LogP contribution < -0.4 is 10.0 Å². The Balaban J connectivity index is 1.89. The van der Waals surface area contributed by atoms with Gasteiger partial charge in [0.25, 0.3) is 10.0 Å². The quantitative estimate of drug-likeness (QED) is 0.783. The summed E-state index contributed by atoms with van der Waals surface area (Å²) >= 11 is 5.77. The van der Waals surface area contributed by atoms with E-state index in [1.165, 1.54) is 12.1 Å². The number of hydrogen-bond donors (Lipinski definition) is 2. The van der Waals surface area contributed by atoms with E-state index in [1.54, 1.807) is 12.1 Å². The summed E-state index contributed by atoms with van der Waals surface area (Å²) in [5.74, 6) is 0.267. The largest absolute Gasteiger partial charge is 0.343 e. The maximum absolute atomic E-state index is 12.2. The van der Waals surface area contributed by atoms with Gasteiger partial charge in [0.15, 0.2) is 0 Å². The first kappa shape index (κ1) is 18.0. The molecule has 1 aliphatic rings. The molecule has 128 valence electrons. The van der Waals surface area contributed by atoms with Crippen molar-refractivity contribution in [2.75, 3.05) is 40.5 Å². The Bertz CT molecular complexity index is 646. The van der Waals surface area contributed by atoms with Crippen molar-refractivity contribution in [3.63, 3.8) is 0 Å². The third-order valence-electron chi connectivity index (χ3n) is 3.33. The number of rotatable bonds is 6. The molecule has 9 heteroatoms. The van der Waals surface area contributed by atoms with E-state index in [0.717, 1.165) is 19.5 Å². The van der Waals surface area contributed by atoms with Gasteiger partial charge in [-0.15, -0.1) is 0 Å². The molecule has 1 aliphatic heterocycles. The lowest BCUT2D eigenvalue weighted by molar-refractivity contribution is 0.246. The molecule has 0 saturated heterocycles. The maximum atomic E-state index is 12.2. The monoisotopic (exact) mass is 359 g/mol. The Hall–Kier alpha value is -1.35. The minimum Gasteiger partial charge on any atom is -0.343 e. The highest BCUT2D eigenvalue weighted by molar-refractivity contribution is 7.90. The zero-order chi connectivity index (χ0) is 16.9. The van der Waals surface area contributed by atoms with Crippen LogP contribution in [0.4, 0.5) is 0 Å². The zero-order valence-electron chi connectivity index (χ0n) is 13.3. The van der Waals surface area contributed by atoms with Crippen molar-refractivity contribution in [1.29, 1.82) is 0 Å². The molecule has 0 fully saturated rings. The molecule has 7 nitrogen and oxygen atoms in total. The van der Waals surface area contributed by atoms with Crippen LogP contribution >= 0.6 is 11.6 Å². The van der Waals surface area contributed by atoms with Gasteiger partial charge in [-0.05, 0) is 51.3 Å². The molecule has 1 aromatic carbocycles. The van der Waals surface area contributed by atoms with E-state index in [2.05, 4.69) is 24.8 Å². The van der Waals surface area contributed by atoms with Crippen LogP contribution in [0.25, 0.3) is 0 Å². The second-order valence-electron chi connectivity index (χ2n) is 5.59. The first-order valence-electron chi connectivity index (χ1n) is 7.30. The lowest BCUT2D eigenvalue weighted by atomic mass is 10.4. The SMILES string of the molecule is CN(C)CCCN1CN=C(NS(=O)(=O)c2ccc(Cl)cc2)NC1. The van der Waals surface area contributed by atoms with Crippen LogP contribution in [0.15, 0.2) is 34.2 Å². The number of nitrogens with one attached hydrogen (secondary N) is 2. The average Bonchev–Trinajstić information content (AvgIpc) is 2.49. The topological polar surface area (TPSA) is 77.0 Å². The third-order valence-corrected chi connectivity index (χ3v) is 4.94. The van der Waals surface area contributed by atoms with E-state index in [4.69, 9.17) is 11.6 Å². The van der Waals surface area contributed by atoms with Crippen LogP contribution in [0.2, 0.25) is 5.02 Å². The van der Waals surface area contributed by atoms with Gasteiger partial charge in [-0.2, -0.15) is 0 Å². The molecule has 1 heterocycles. The average molecular weight is 360 g/mol. The van der Waals surface area contributed by atoms with Crippen molar-refractivity contribution < 1.29 is 8.42 Å². The number of sulfonamides is 1. The van der Waals surface area contributed by atoms with E-state index in [9.17, 15) is 8.42 Å². The molecule has 1 aromatic rings. The molecule has 0 unspecified atom stereocenters. The first-order chi connectivity index (χ1) is 10.9. The second-order valence-corrected chi connectivity index (χ2v) is 7.71. The molecule has 2 rings (SSSR count). The summed E-state index contributed by atoms with van der Waals surface area (Å²) in [6.07, 6.45) is 1.04. The van der Waals surface area contributed by atoms with Gasteiger partial charge in [0.05, 0.1) is 18.2 Å². The highest BCUT2D eigenvalue weighted by Crippen LogP contribution is 2.13. The summed E-state index contributed by atoms with van der Waals surface area (Å²) in [4.78, 5) is 8.64. The highest BCUT2D eigenvalue weighted by atomic mass is 35.5. The normalized spacial score (nSPS) is 16.1. The van der Waals surface area contributed by atoms with Gasteiger partial charge in [0.2, 0.25) is 5.96 Å². The van der Waals surface area contributed by atoms with E-state index >= 15 is 0 Å². The van der Waals surface area contributed by atoms with Crippen LogP contribution in [0.5, 0.6) is 0 Å². The standard InChI is InChI=1S/C14H22ClN5O2S/c1-19(2)8-3-9-20-10-16-14(17-11-20)18-23(21,22)13-6-4-12(15)5-7-13/h4-7H,3,8-11H2,1-2H3,(H2,16,17,18). The Morgan fingerprint density at radius 2 is 2.04 bits per heavy atom. The van der Waals surface area contributed by atoms with Crippen LogP contribution in [0.1, 0.15) is 6.42 Å². The molecule has 0 aromatic heterocycles. The lowest BCUT2D eigenvalue weighted by Gasteiger charge is -2.27. The maximum Gasteiger partial charge on any atom is 0.264 e. The summed E-state index contributed by atoms with van der Waals surface area (Å²) < 4.78 is 27.0. The van der Waals surface area contributed by atoms with Crippen LogP contribution in [0.3, 0.4) is 0 Å². The summed E-state index contributed by atoms with van der Waals surface area (Å²) in [5.41, 5.74) is 0. The van der Waals surface area contributed by atoms with E-state index in [1.807, 2.05) is 14.1 Å². The van der Waals surface area contributed by atoms with Crippen molar-refractivity contribution in [3.05, 3.63) is 29.3 Å². The van der Waals surface area contributed by atoms with Gasteiger partial charge >= 0.3 is 0 Å². The smallest absolute Gasteiger partial charge is 0.264 e. The number of halogens is 1. The fourth-order valence-corrected chi connectivity index (χ4v) is 3.22. The Labute approximate surface area is 142 Å². The zero-order valence-corrected chi connectivity index (χ0v) is 14.9. The lowest BCUT2D eigenvalue weighted by Crippen LogP contribution is -2.50. The van der Waals surface area contributed by atoms with E-state index in [-0.39, 0.29) is 10.9 Å². The van der Waals surface area contributed by atoms with Crippen LogP contribution in [-0.2, 0) is 10.0 Å². The molecular formula is C14H22ClN5O2S. The molecule has 2 N–H and O–H groups in total. The molecule has 0 bridgehead atoms. The third kappa shape index (κ3) is 5.65. The fraction of sp³-hybridized carbons (Fsp3) is 0.500. The van der Waals surface area contributed by atoms with E-state index in [0.29, 0.717) is 18.4 Å². The van der Waals surface area contributed by atoms with Crippen molar-refractivity contribution in [1.82, 2.24) is 19.8 Å². The molecule has 0 atom stereocenters. The molecule has 0 radical (unpaired) electrons. The number of aliphatic imine (C=N–C) groups is 1. The summed E-state index contributed by atoms with van der Waals surface area (Å²) in [7, 11) is 0.426. The van der Waals surface area contributed by atoms with Gasteiger partial charge in [-0.1, -0.05) is 11.6 Å². The van der Waals surface area contributed by atoms with Gasteiger partial charge in [0.1, 0.15) is 0 Å². The van der Waals surface area contributed by atoms with Crippen molar-refractivity contribution >= 4 is 27.6 Å².